The summed E-state index contributed by atoms with van der Waals surface area (Å²) in [6.07, 6.45) is -0.786. The number of aromatic nitrogens is 1. The normalized spacial score (nSPS) is 15.9. The van der Waals surface area contributed by atoms with E-state index in [1.165, 1.54) is 4.90 Å². The van der Waals surface area contributed by atoms with Gasteiger partial charge in [-0.05, 0) is 65.8 Å². The minimum Gasteiger partial charge on any atom is -0.391 e. The molecule has 0 saturated carbocycles. The van der Waals surface area contributed by atoms with Gasteiger partial charge in [0.25, 0.3) is 11.8 Å². The molecule has 2 aliphatic rings. The van der Waals surface area contributed by atoms with E-state index in [0.717, 1.165) is 44.1 Å². The van der Waals surface area contributed by atoms with E-state index in [1.54, 1.807) is 23.5 Å². The third-order valence-corrected chi connectivity index (χ3v) is 13.7. The molecular weight excluding hydrogens is 1010 g/mol. The van der Waals surface area contributed by atoms with Gasteiger partial charge in [0, 0.05) is 61.9 Å². The average Bonchev–Trinajstić information content (AvgIpc) is 4.15. The highest BCUT2D eigenvalue weighted by molar-refractivity contribution is 7.13. The molecule has 19 heteroatoms. The molecular formula is C59H70N8O10S. The van der Waals surface area contributed by atoms with Crippen LogP contribution in [0, 0.1) is 24.2 Å². The molecule has 0 bridgehead atoms. The Morgan fingerprint density at radius 2 is 1.51 bits per heavy atom. The van der Waals surface area contributed by atoms with Crippen LogP contribution in [-0.2, 0) is 56.0 Å². The van der Waals surface area contributed by atoms with Crippen molar-refractivity contribution >= 4 is 63.5 Å². The number of hydrogen-bond acceptors (Lipinski definition) is 14. The molecule has 3 heterocycles. The van der Waals surface area contributed by atoms with Crippen molar-refractivity contribution in [1.29, 1.82) is 0 Å². The number of β-amino-alcohol motifs (C(OH)–C–C–N with tert-alkyl or cyclic N) is 1. The summed E-state index contributed by atoms with van der Waals surface area (Å²) in [6, 6.07) is 29.1. The molecule has 5 amide bonds. The number of anilines is 2. The number of fused-ring (bicyclic) bond motifs is 1. The molecule has 412 valence electrons. The fraction of sp³-hybridized carbons (Fsp3) is 0.390. The number of thiazole rings is 1. The molecule has 4 aromatic carbocycles. The first-order chi connectivity index (χ1) is 37.7. The molecule has 78 heavy (non-hydrogen) atoms. The number of carbonyl (C=O) groups excluding carboxylic acids is 5. The molecule has 18 nitrogen and oxygen atoms in total. The number of likely N-dealkylation sites (tertiary alicyclic amines) is 1. The topological polar surface area (TPSA) is 231 Å². The van der Waals surface area contributed by atoms with Gasteiger partial charge in [0.05, 0.1) is 85.4 Å². The number of aliphatic hydroxyl groups is 1. The van der Waals surface area contributed by atoms with Crippen molar-refractivity contribution in [3.8, 4) is 22.3 Å². The van der Waals surface area contributed by atoms with E-state index in [9.17, 15) is 29.1 Å². The van der Waals surface area contributed by atoms with Gasteiger partial charge in [0.15, 0.2) is 0 Å². The molecule has 0 radical (unpaired) electrons. The monoisotopic (exact) mass is 1080 g/mol. The standard InChI is InChI=1S/C59H70N8O10S/c1-6-61-50(69)23-17-40-16-22-47-48(32-40)65-57(72)52(47)53(43-10-8-7-9-11-43)64-45-20-14-41(15-21-45)34-60-24-25-74-26-27-75-28-29-76-30-31-77-37-51(70)66-55(59(3,4)5)58(73)67-36-46(68)33-49(67)56(71)62-35-42-12-18-44(19-13-42)54-39(2)63-38-78-54/h7-16,18-22,32,38,46,49,55,60,64,68H,6,24-31,33-37H2,1-5H3,(H,61,69)(H,62,71)(H,65,72)(H,66,70)/b53-52-/t46-,49+,55-/m1/s1. The molecule has 0 spiro atoms. The van der Waals surface area contributed by atoms with Crippen LogP contribution in [0.4, 0.5) is 11.4 Å². The molecule has 1 aromatic heterocycles. The Labute approximate surface area is 460 Å². The van der Waals surface area contributed by atoms with Crippen LogP contribution < -0.4 is 31.9 Å². The third-order valence-electron chi connectivity index (χ3n) is 12.8. The van der Waals surface area contributed by atoms with Crippen molar-refractivity contribution in [1.82, 2.24) is 31.2 Å². The Morgan fingerprint density at radius 3 is 2.18 bits per heavy atom. The maximum absolute atomic E-state index is 14.0. The number of benzene rings is 4. The second-order valence-electron chi connectivity index (χ2n) is 19.8. The fourth-order valence-electron chi connectivity index (χ4n) is 8.75. The molecule has 7 rings (SSSR count). The van der Waals surface area contributed by atoms with Crippen LogP contribution in [-0.4, -0.2) is 135 Å². The average molecular weight is 1080 g/mol. The van der Waals surface area contributed by atoms with Gasteiger partial charge in [0.1, 0.15) is 18.7 Å². The number of aliphatic hydroxyl groups excluding tert-OH is 1. The number of carbonyl (C=O) groups is 5. The van der Waals surface area contributed by atoms with Crippen molar-refractivity contribution < 1.29 is 48.0 Å². The molecule has 3 atom stereocenters. The van der Waals surface area contributed by atoms with Crippen molar-refractivity contribution in [3.63, 3.8) is 0 Å². The van der Waals surface area contributed by atoms with Gasteiger partial charge in [-0.15, -0.1) is 11.3 Å². The summed E-state index contributed by atoms with van der Waals surface area (Å²) in [4.78, 5) is 72.5. The highest BCUT2D eigenvalue weighted by atomic mass is 32.1. The summed E-state index contributed by atoms with van der Waals surface area (Å²) in [7, 11) is 0. The van der Waals surface area contributed by atoms with E-state index in [2.05, 4.69) is 48.7 Å². The third kappa shape index (κ3) is 16.9. The summed E-state index contributed by atoms with van der Waals surface area (Å²) < 4.78 is 22.5. The molecule has 0 aliphatic carbocycles. The Kier molecular flexibility index (Phi) is 21.6. The maximum atomic E-state index is 14.0. The number of nitrogens with one attached hydrogen (secondary N) is 6. The number of ether oxygens (including phenoxy) is 4. The first kappa shape index (κ1) is 58.4. The van der Waals surface area contributed by atoms with E-state index in [1.807, 2.05) is 125 Å². The molecule has 0 unspecified atom stereocenters. The lowest BCUT2D eigenvalue weighted by Crippen LogP contribution is -2.58. The lowest BCUT2D eigenvalue weighted by Gasteiger charge is -2.35. The second-order valence-corrected chi connectivity index (χ2v) is 20.6. The van der Waals surface area contributed by atoms with Crippen molar-refractivity contribution in [2.45, 2.75) is 72.3 Å². The minimum atomic E-state index is -0.971. The molecule has 1 fully saturated rings. The Balaban J connectivity index is 0.737. The van der Waals surface area contributed by atoms with Crippen LogP contribution in [0.1, 0.15) is 67.6 Å². The number of hydrogen-bond donors (Lipinski definition) is 7. The second kappa shape index (κ2) is 28.9. The number of amides is 5. The van der Waals surface area contributed by atoms with Gasteiger partial charge in [-0.2, -0.15) is 0 Å². The van der Waals surface area contributed by atoms with Crippen LogP contribution >= 0.6 is 11.3 Å². The number of nitrogens with zero attached hydrogens (tertiary/aromatic N) is 2. The summed E-state index contributed by atoms with van der Waals surface area (Å²) >= 11 is 1.57. The Hall–Kier alpha value is -7.28. The van der Waals surface area contributed by atoms with Crippen LogP contribution in [0.2, 0.25) is 0 Å². The lowest BCUT2D eigenvalue weighted by atomic mass is 9.85. The van der Waals surface area contributed by atoms with Crippen molar-refractivity contribution in [3.05, 3.63) is 136 Å². The SMILES string of the molecule is CCNC(=O)C#Cc1ccc2c(c1)NC(=O)/C2=C(\Nc1ccc(CNCCOCCOCCOCCOCC(=O)N[C@H](C(=O)N2C[C@H](O)C[C@H]2C(=O)NCc2ccc(-c3scnc3C)cc2)C(C)(C)C)cc1)c1ccccc1. The zero-order valence-corrected chi connectivity index (χ0v) is 45.7. The highest BCUT2D eigenvalue weighted by Crippen LogP contribution is 2.38. The van der Waals surface area contributed by atoms with Crippen LogP contribution in [0.25, 0.3) is 21.7 Å². The predicted molar refractivity (Wildman–Crippen MR) is 301 cm³/mol. The molecule has 1 saturated heterocycles. The quantitative estimate of drug-likeness (QED) is 0.0206. The summed E-state index contributed by atoms with van der Waals surface area (Å²) in [6.45, 7) is 13.4. The van der Waals surface area contributed by atoms with Crippen LogP contribution in [0.5, 0.6) is 0 Å². The zero-order valence-electron chi connectivity index (χ0n) is 44.9. The number of rotatable bonds is 26. The van der Waals surface area contributed by atoms with Crippen LogP contribution in [0.3, 0.4) is 0 Å². The fourth-order valence-corrected chi connectivity index (χ4v) is 9.56. The van der Waals surface area contributed by atoms with E-state index in [-0.39, 0.29) is 57.1 Å². The Bertz CT molecular complexity index is 2930. The van der Waals surface area contributed by atoms with E-state index in [0.29, 0.717) is 75.2 Å². The highest BCUT2D eigenvalue weighted by Gasteiger charge is 2.44. The van der Waals surface area contributed by atoms with Crippen molar-refractivity contribution in [2.75, 3.05) is 83.1 Å². The van der Waals surface area contributed by atoms with E-state index in [4.69, 9.17) is 18.9 Å². The lowest BCUT2D eigenvalue weighted by molar-refractivity contribution is -0.144. The van der Waals surface area contributed by atoms with E-state index >= 15 is 0 Å². The van der Waals surface area contributed by atoms with Crippen molar-refractivity contribution in [2.24, 2.45) is 5.41 Å². The first-order valence-electron chi connectivity index (χ1n) is 26.2. The predicted octanol–water partition coefficient (Wildman–Crippen LogP) is 5.50. The molecule has 7 N–H and O–H groups in total. The Morgan fingerprint density at radius 1 is 0.846 bits per heavy atom. The number of aryl methyl sites for hydroxylation is 1. The summed E-state index contributed by atoms with van der Waals surface area (Å²) in [5, 5.41) is 28.8. The van der Waals surface area contributed by atoms with Gasteiger partial charge in [-0.1, -0.05) is 99.5 Å². The van der Waals surface area contributed by atoms with Gasteiger partial charge in [-0.25, -0.2) is 4.98 Å². The summed E-state index contributed by atoms with van der Waals surface area (Å²) in [5.74, 6) is 3.53. The van der Waals surface area contributed by atoms with Crippen LogP contribution in [0.15, 0.2) is 103 Å². The first-order valence-corrected chi connectivity index (χ1v) is 27.0. The smallest absolute Gasteiger partial charge is 0.296 e. The largest absolute Gasteiger partial charge is 0.391 e. The van der Waals surface area contributed by atoms with Gasteiger partial charge in [-0.3, -0.25) is 24.0 Å². The molecule has 5 aromatic rings. The summed E-state index contributed by atoms with van der Waals surface area (Å²) in [5.41, 5.74) is 9.89. The maximum Gasteiger partial charge on any atom is 0.296 e. The van der Waals surface area contributed by atoms with Gasteiger partial charge in [0.2, 0.25) is 17.7 Å². The van der Waals surface area contributed by atoms with E-state index < -0.39 is 35.4 Å². The minimum absolute atomic E-state index is 0.0217. The van der Waals surface area contributed by atoms with Gasteiger partial charge >= 0.3 is 0 Å². The zero-order chi connectivity index (χ0) is 55.4. The molecule has 2 aliphatic heterocycles. The van der Waals surface area contributed by atoms with Gasteiger partial charge < -0.3 is 60.9 Å².